The quantitative estimate of drug-likeness (QED) is 0.746. The summed E-state index contributed by atoms with van der Waals surface area (Å²) in [6.07, 6.45) is 6.51. The molecule has 0 spiro atoms. The Morgan fingerprint density at radius 3 is 2.62 bits per heavy atom. The van der Waals surface area contributed by atoms with Crippen molar-refractivity contribution in [3.8, 4) is 5.75 Å². The van der Waals surface area contributed by atoms with Gasteiger partial charge in [0.2, 0.25) is 10.0 Å². The molecule has 1 aromatic heterocycles. The molecule has 156 valence electrons. The van der Waals surface area contributed by atoms with Gasteiger partial charge >= 0.3 is 0 Å². The smallest absolute Gasteiger partial charge is 0.255 e. The number of carbonyl (C=O) groups is 1. The van der Waals surface area contributed by atoms with Gasteiger partial charge in [-0.3, -0.25) is 9.78 Å². The van der Waals surface area contributed by atoms with Crippen LogP contribution in [0.2, 0.25) is 0 Å². The third kappa shape index (κ3) is 6.01. The molecule has 1 unspecified atom stereocenters. The molecule has 29 heavy (non-hydrogen) atoms. The van der Waals surface area contributed by atoms with Gasteiger partial charge in [0.25, 0.3) is 5.91 Å². The minimum absolute atomic E-state index is 0.0576. The molecule has 1 aromatic carbocycles. The van der Waals surface area contributed by atoms with E-state index in [1.807, 2.05) is 25.1 Å². The molecule has 0 radical (unpaired) electrons. The molecule has 2 heterocycles. The number of rotatable bonds is 7. The van der Waals surface area contributed by atoms with Crippen molar-refractivity contribution in [2.75, 3.05) is 19.3 Å². The van der Waals surface area contributed by atoms with Crippen LogP contribution in [0.3, 0.4) is 0 Å². The van der Waals surface area contributed by atoms with E-state index >= 15 is 0 Å². The molecule has 1 N–H and O–H groups in total. The first-order valence-corrected chi connectivity index (χ1v) is 11.6. The van der Waals surface area contributed by atoms with Gasteiger partial charge in [-0.05, 0) is 49.9 Å². The fraction of sp³-hybridized carbons (Fsp3) is 0.429. The molecule has 3 rings (SSSR count). The number of nitrogens with zero attached hydrogens (tertiary/aromatic N) is 2. The Labute approximate surface area is 172 Å². The molecule has 1 atom stereocenters. The number of benzene rings is 1. The number of sulfonamides is 1. The van der Waals surface area contributed by atoms with Crippen molar-refractivity contribution in [1.82, 2.24) is 14.6 Å². The van der Waals surface area contributed by atoms with Crippen LogP contribution >= 0.6 is 0 Å². The van der Waals surface area contributed by atoms with Crippen LogP contribution < -0.4 is 10.1 Å². The fourth-order valence-electron chi connectivity index (χ4n) is 3.44. The summed E-state index contributed by atoms with van der Waals surface area (Å²) in [6, 6.07) is 11.0. The van der Waals surface area contributed by atoms with Crippen molar-refractivity contribution in [3.63, 3.8) is 0 Å². The van der Waals surface area contributed by atoms with Crippen LogP contribution in [-0.2, 0) is 16.4 Å². The van der Waals surface area contributed by atoms with E-state index in [4.69, 9.17) is 4.74 Å². The molecule has 1 saturated heterocycles. The Balaban J connectivity index is 1.60. The van der Waals surface area contributed by atoms with Crippen molar-refractivity contribution in [2.45, 2.75) is 38.3 Å². The summed E-state index contributed by atoms with van der Waals surface area (Å²) in [4.78, 5) is 16.9. The average molecular weight is 418 g/mol. The van der Waals surface area contributed by atoms with Gasteiger partial charge in [0.15, 0.2) is 0 Å². The fourth-order valence-corrected chi connectivity index (χ4v) is 4.32. The van der Waals surface area contributed by atoms with Gasteiger partial charge in [0, 0.05) is 31.5 Å². The summed E-state index contributed by atoms with van der Waals surface area (Å²) in [7, 11) is -3.17. The largest absolute Gasteiger partial charge is 0.489 e. The standard InChI is InChI=1S/C21H27N3O4S/c1-16(14-17-6-5-11-22-15-17)23-21(25)19-7-3-4-8-20(19)28-18-9-12-24(13-10-18)29(2,26)27/h3-8,11,15-16,18H,9-10,12-14H2,1-2H3,(H,23,25). The lowest BCUT2D eigenvalue weighted by molar-refractivity contribution is 0.0925. The summed E-state index contributed by atoms with van der Waals surface area (Å²) >= 11 is 0. The van der Waals surface area contributed by atoms with Gasteiger partial charge in [-0.2, -0.15) is 0 Å². The Hall–Kier alpha value is -2.45. The molecule has 0 aliphatic carbocycles. The van der Waals surface area contributed by atoms with Crippen LogP contribution in [0.4, 0.5) is 0 Å². The van der Waals surface area contributed by atoms with E-state index < -0.39 is 10.0 Å². The molecule has 1 aliphatic heterocycles. The third-order valence-corrected chi connectivity index (χ3v) is 6.24. The van der Waals surface area contributed by atoms with Gasteiger partial charge < -0.3 is 10.1 Å². The number of pyridine rings is 1. The van der Waals surface area contributed by atoms with E-state index in [1.165, 1.54) is 10.6 Å². The Kier molecular flexibility index (Phi) is 6.87. The van der Waals surface area contributed by atoms with Crippen LogP contribution in [0.25, 0.3) is 0 Å². The average Bonchev–Trinajstić information content (AvgIpc) is 2.69. The first-order valence-electron chi connectivity index (χ1n) is 9.73. The zero-order valence-corrected chi connectivity index (χ0v) is 17.6. The van der Waals surface area contributed by atoms with Gasteiger partial charge in [-0.1, -0.05) is 18.2 Å². The number of aromatic nitrogens is 1. The first kappa shape index (κ1) is 21.3. The van der Waals surface area contributed by atoms with Gasteiger partial charge in [0.05, 0.1) is 11.8 Å². The molecule has 8 heteroatoms. The zero-order chi connectivity index (χ0) is 20.9. The minimum atomic E-state index is -3.17. The summed E-state index contributed by atoms with van der Waals surface area (Å²) in [5.41, 5.74) is 1.54. The Morgan fingerprint density at radius 2 is 1.97 bits per heavy atom. The van der Waals surface area contributed by atoms with E-state index in [0.717, 1.165) is 5.56 Å². The summed E-state index contributed by atoms with van der Waals surface area (Å²) in [5, 5.41) is 3.02. The van der Waals surface area contributed by atoms with Crippen LogP contribution in [-0.4, -0.2) is 55.1 Å². The number of hydrogen-bond acceptors (Lipinski definition) is 5. The predicted octanol–water partition coefficient (Wildman–Crippen LogP) is 2.25. The number of carbonyl (C=O) groups excluding carboxylic acids is 1. The highest BCUT2D eigenvalue weighted by atomic mass is 32.2. The van der Waals surface area contributed by atoms with Gasteiger partial charge in [-0.25, -0.2) is 12.7 Å². The zero-order valence-electron chi connectivity index (χ0n) is 16.7. The highest BCUT2D eigenvalue weighted by molar-refractivity contribution is 7.88. The Morgan fingerprint density at radius 1 is 1.24 bits per heavy atom. The normalized spacial score (nSPS) is 16.9. The number of piperidine rings is 1. The molecule has 7 nitrogen and oxygen atoms in total. The SMILES string of the molecule is CC(Cc1cccnc1)NC(=O)c1ccccc1OC1CCN(S(C)(=O)=O)CC1. The van der Waals surface area contributed by atoms with Gasteiger partial charge in [0.1, 0.15) is 11.9 Å². The maximum atomic E-state index is 12.8. The lowest BCUT2D eigenvalue weighted by Gasteiger charge is -2.30. The summed E-state index contributed by atoms with van der Waals surface area (Å²) in [5.74, 6) is 0.335. The predicted molar refractivity (Wildman–Crippen MR) is 111 cm³/mol. The number of nitrogens with one attached hydrogen (secondary N) is 1. The van der Waals surface area contributed by atoms with E-state index in [2.05, 4.69) is 10.3 Å². The molecule has 0 bridgehead atoms. The molecule has 1 fully saturated rings. The number of amides is 1. The first-order chi connectivity index (χ1) is 13.8. The van der Waals surface area contributed by atoms with E-state index in [1.54, 1.807) is 30.6 Å². The maximum absolute atomic E-state index is 12.8. The molecule has 1 amide bonds. The number of hydrogen-bond donors (Lipinski definition) is 1. The molecular weight excluding hydrogens is 390 g/mol. The lowest BCUT2D eigenvalue weighted by Crippen LogP contribution is -2.41. The molecule has 1 aliphatic rings. The second-order valence-electron chi connectivity index (χ2n) is 7.42. The van der Waals surface area contributed by atoms with Crippen molar-refractivity contribution in [3.05, 3.63) is 59.9 Å². The van der Waals surface area contributed by atoms with Crippen LogP contribution in [0.15, 0.2) is 48.8 Å². The van der Waals surface area contributed by atoms with Crippen LogP contribution in [0.1, 0.15) is 35.7 Å². The summed E-state index contributed by atoms with van der Waals surface area (Å²) < 4.78 is 30.9. The van der Waals surface area contributed by atoms with E-state index in [9.17, 15) is 13.2 Å². The highest BCUT2D eigenvalue weighted by Crippen LogP contribution is 2.24. The van der Waals surface area contributed by atoms with Gasteiger partial charge in [-0.15, -0.1) is 0 Å². The summed E-state index contributed by atoms with van der Waals surface area (Å²) in [6.45, 7) is 2.81. The second kappa shape index (κ2) is 9.37. The number of para-hydroxylation sites is 1. The maximum Gasteiger partial charge on any atom is 0.255 e. The number of ether oxygens (including phenoxy) is 1. The molecule has 0 saturated carbocycles. The van der Waals surface area contributed by atoms with E-state index in [-0.39, 0.29) is 18.1 Å². The van der Waals surface area contributed by atoms with Crippen molar-refractivity contribution >= 4 is 15.9 Å². The van der Waals surface area contributed by atoms with Crippen molar-refractivity contribution in [2.24, 2.45) is 0 Å². The minimum Gasteiger partial charge on any atom is -0.489 e. The molecule has 2 aromatic rings. The third-order valence-electron chi connectivity index (χ3n) is 4.94. The topological polar surface area (TPSA) is 88.6 Å². The van der Waals surface area contributed by atoms with Crippen LogP contribution in [0.5, 0.6) is 5.75 Å². The second-order valence-corrected chi connectivity index (χ2v) is 9.40. The molecular formula is C21H27N3O4S. The van der Waals surface area contributed by atoms with Crippen molar-refractivity contribution < 1.29 is 17.9 Å². The monoisotopic (exact) mass is 417 g/mol. The lowest BCUT2D eigenvalue weighted by atomic mass is 10.1. The van der Waals surface area contributed by atoms with E-state index in [0.29, 0.717) is 43.7 Å². The Bertz CT molecular complexity index is 926. The highest BCUT2D eigenvalue weighted by Gasteiger charge is 2.27. The van der Waals surface area contributed by atoms with Crippen LogP contribution in [0, 0.1) is 0 Å². The van der Waals surface area contributed by atoms with Crippen molar-refractivity contribution in [1.29, 1.82) is 0 Å².